The van der Waals surface area contributed by atoms with Gasteiger partial charge in [0, 0.05) is 38.0 Å². The molecule has 2 aliphatic heterocycles. The molecule has 2 saturated heterocycles. The monoisotopic (exact) mass is 413 g/mol. The summed E-state index contributed by atoms with van der Waals surface area (Å²) in [5.41, 5.74) is 0.465. The van der Waals surface area contributed by atoms with Crippen molar-refractivity contribution < 1.29 is 23.1 Å². The topological polar surface area (TPSA) is 125 Å². The minimum Gasteiger partial charge on any atom is -0.465 e. The molecule has 2 N–H and O–H groups in total. The molecule has 11 heteroatoms. The van der Waals surface area contributed by atoms with E-state index in [1.807, 2.05) is 11.8 Å². The number of carboxylic acid groups (broad SMARTS) is 1. The molecule has 10 nitrogen and oxygen atoms in total. The van der Waals surface area contributed by atoms with Crippen LogP contribution in [-0.4, -0.2) is 80.8 Å². The van der Waals surface area contributed by atoms with Crippen molar-refractivity contribution in [2.45, 2.75) is 37.6 Å². The van der Waals surface area contributed by atoms with Gasteiger partial charge in [-0.15, -0.1) is 0 Å². The highest BCUT2D eigenvalue weighted by molar-refractivity contribution is 7.89. The minimum atomic E-state index is -3.24. The molecule has 1 aromatic rings. The highest BCUT2D eigenvalue weighted by atomic mass is 32.2. The molecule has 0 aromatic carbocycles. The average molecular weight is 414 g/mol. The molecule has 1 aromatic heterocycles. The van der Waals surface area contributed by atoms with Crippen LogP contribution in [0.1, 0.15) is 25.5 Å². The van der Waals surface area contributed by atoms with E-state index in [9.17, 15) is 13.2 Å². The first-order valence-electron chi connectivity index (χ1n) is 9.36. The Morgan fingerprint density at radius 1 is 1.32 bits per heavy atom. The number of hydrogen-bond donors (Lipinski definition) is 2. The van der Waals surface area contributed by atoms with Gasteiger partial charge in [0.25, 0.3) is 0 Å². The zero-order valence-corrected chi connectivity index (χ0v) is 17.0. The van der Waals surface area contributed by atoms with Gasteiger partial charge in [0.2, 0.25) is 5.95 Å². The normalized spacial score (nSPS) is 21.6. The van der Waals surface area contributed by atoms with Gasteiger partial charge in [-0.1, -0.05) is 0 Å². The second-order valence-electron chi connectivity index (χ2n) is 7.42. The highest BCUT2D eigenvalue weighted by Gasteiger charge is 2.26. The van der Waals surface area contributed by atoms with E-state index in [0.717, 1.165) is 0 Å². The molecule has 0 unspecified atom stereocenters. The summed E-state index contributed by atoms with van der Waals surface area (Å²) in [6.07, 6.45) is 1.47. The third-order valence-corrected chi connectivity index (χ3v) is 5.75. The highest BCUT2D eigenvalue weighted by Crippen LogP contribution is 2.24. The number of hydrogen-bond acceptors (Lipinski definition) is 8. The lowest BCUT2D eigenvalue weighted by Crippen LogP contribution is -2.46. The Hall–Kier alpha value is -2.14. The fourth-order valence-corrected chi connectivity index (χ4v) is 4.25. The van der Waals surface area contributed by atoms with Crippen molar-refractivity contribution in [3.63, 3.8) is 0 Å². The molecular weight excluding hydrogens is 386 g/mol. The molecule has 3 rings (SSSR count). The lowest BCUT2D eigenvalue weighted by atomic mass is 10.1. The Balaban J connectivity index is 1.84. The Labute approximate surface area is 164 Å². The SMILES string of the molecule is C[C@H]1COCCN1c1cc(CS(C)(=O)=O)nc(N2CCC(NC(=O)O)CC2)n1. The lowest BCUT2D eigenvalue weighted by Gasteiger charge is -2.36. The van der Waals surface area contributed by atoms with Gasteiger partial charge in [-0.2, -0.15) is 4.98 Å². The van der Waals surface area contributed by atoms with Gasteiger partial charge in [0.05, 0.1) is 30.7 Å². The molecule has 0 spiro atoms. The van der Waals surface area contributed by atoms with Gasteiger partial charge < -0.3 is 25.0 Å². The number of morpholine rings is 1. The Bertz CT molecular complexity index is 810. The summed E-state index contributed by atoms with van der Waals surface area (Å²) in [7, 11) is -3.24. The number of carbonyl (C=O) groups is 1. The third kappa shape index (κ3) is 5.44. The fourth-order valence-electron chi connectivity index (χ4n) is 3.57. The number of nitrogens with zero attached hydrogens (tertiary/aromatic N) is 4. The quantitative estimate of drug-likeness (QED) is 0.709. The molecular formula is C17H27N5O5S. The molecule has 2 fully saturated rings. The summed E-state index contributed by atoms with van der Waals surface area (Å²) in [6, 6.07) is 1.78. The van der Waals surface area contributed by atoms with Crippen LogP contribution in [0.15, 0.2) is 6.07 Å². The van der Waals surface area contributed by atoms with Crippen molar-refractivity contribution in [2.24, 2.45) is 0 Å². The van der Waals surface area contributed by atoms with Gasteiger partial charge in [0.15, 0.2) is 9.84 Å². The van der Waals surface area contributed by atoms with Crippen LogP contribution in [0, 0.1) is 0 Å². The van der Waals surface area contributed by atoms with Gasteiger partial charge in [-0.05, 0) is 19.8 Å². The van der Waals surface area contributed by atoms with Crippen molar-refractivity contribution in [1.29, 1.82) is 0 Å². The average Bonchev–Trinajstić information content (AvgIpc) is 2.60. The van der Waals surface area contributed by atoms with E-state index in [-0.39, 0.29) is 17.8 Å². The van der Waals surface area contributed by atoms with Crippen LogP contribution in [0.2, 0.25) is 0 Å². The number of amides is 1. The van der Waals surface area contributed by atoms with Crippen LogP contribution in [0.5, 0.6) is 0 Å². The van der Waals surface area contributed by atoms with Crippen LogP contribution in [0.3, 0.4) is 0 Å². The van der Waals surface area contributed by atoms with Crippen molar-refractivity contribution in [2.75, 3.05) is 48.9 Å². The largest absolute Gasteiger partial charge is 0.465 e. The second-order valence-corrected chi connectivity index (χ2v) is 9.56. The summed E-state index contributed by atoms with van der Waals surface area (Å²) in [6.45, 7) is 5.11. The second kappa shape index (κ2) is 8.48. The van der Waals surface area contributed by atoms with Crippen molar-refractivity contribution in [1.82, 2.24) is 15.3 Å². The summed E-state index contributed by atoms with van der Waals surface area (Å²) in [5, 5.41) is 11.4. The number of rotatable bonds is 5. The number of aromatic nitrogens is 2. The first-order valence-corrected chi connectivity index (χ1v) is 11.4. The van der Waals surface area contributed by atoms with E-state index >= 15 is 0 Å². The fraction of sp³-hybridized carbons (Fsp3) is 0.706. The third-order valence-electron chi connectivity index (χ3n) is 4.93. The van der Waals surface area contributed by atoms with Gasteiger partial charge in [-0.25, -0.2) is 18.2 Å². The summed E-state index contributed by atoms with van der Waals surface area (Å²) < 4.78 is 29.1. The standard InChI is InChI=1S/C17H27N5O5S/c1-12-10-27-8-7-22(12)15-9-14(11-28(2,25)26)18-16(20-15)21-5-3-13(4-6-21)19-17(23)24/h9,12-13,19H,3-8,10-11H2,1-2H3,(H,23,24)/t12-/m0/s1. The molecule has 0 aliphatic carbocycles. The zero-order chi connectivity index (χ0) is 20.3. The number of nitrogens with one attached hydrogen (secondary N) is 1. The van der Waals surface area contributed by atoms with Gasteiger partial charge in [-0.3, -0.25) is 0 Å². The number of anilines is 2. The Morgan fingerprint density at radius 3 is 2.64 bits per heavy atom. The minimum absolute atomic E-state index is 0.0910. The van der Waals surface area contributed by atoms with Gasteiger partial charge >= 0.3 is 6.09 Å². The Morgan fingerprint density at radius 2 is 2.04 bits per heavy atom. The predicted molar refractivity (Wildman–Crippen MR) is 105 cm³/mol. The van der Waals surface area contributed by atoms with Crippen LogP contribution < -0.4 is 15.1 Å². The Kier molecular flexibility index (Phi) is 6.23. The number of sulfone groups is 1. The first kappa shape index (κ1) is 20.6. The smallest absolute Gasteiger partial charge is 0.404 e. The summed E-state index contributed by atoms with van der Waals surface area (Å²) in [5.74, 6) is 1.04. The van der Waals surface area contributed by atoms with Crippen molar-refractivity contribution >= 4 is 27.7 Å². The predicted octanol–water partition coefficient (Wildman–Crippen LogP) is 0.483. The molecule has 0 radical (unpaired) electrons. The molecule has 1 atom stereocenters. The van der Waals surface area contributed by atoms with Crippen LogP contribution in [0.4, 0.5) is 16.6 Å². The van der Waals surface area contributed by atoms with Crippen LogP contribution in [-0.2, 0) is 20.3 Å². The van der Waals surface area contributed by atoms with E-state index in [1.165, 1.54) is 6.26 Å². The van der Waals surface area contributed by atoms with E-state index in [0.29, 0.717) is 63.1 Å². The number of piperidine rings is 1. The van der Waals surface area contributed by atoms with E-state index in [2.05, 4.69) is 15.2 Å². The molecule has 0 bridgehead atoms. The van der Waals surface area contributed by atoms with E-state index in [4.69, 9.17) is 14.8 Å². The molecule has 1 amide bonds. The molecule has 2 aliphatic rings. The molecule has 28 heavy (non-hydrogen) atoms. The molecule has 0 saturated carbocycles. The molecule has 156 valence electrons. The van der Waals surface area contributed by atoms with Gasteiger partial charge in [0.1, 0.15) is 5.82 Å². The number of ether oxygens (including phenoxy) is 1. The van der Waals surface area contributed by atoms with Crippen LogP contribution >= 0.6 is 0 Å². The molecule has 3 heterocycles. The van der Waals surface area contributed by atoms with Crippen molar-refractivity contribution in [3.05, 3.63) is 11.8 Å². The zero-order valence-electron chi connectivity index (χ0n) is 16.2. The maximum Gasteiger partial charge on any atom is 0.404 e. The lowest BCUT2D eigenvalue weighted by molar-refractivity contribution is 0.0985. The summed E-state index contributed by atoms with van der Waals surface area (Å²) >= 11 is 0. The summed E-state index contributed by atoms with van der Waals surface area (Å²) in [4.78, 5) is 24.1. The van der Waals surface area contributed by atoms with E-state index < -0.39 is 15.9 Å². The maximum atomic E-state index is 11.8. The van der Waals surface area contributed by atoms with Crippen LogP contribution in [0.25, 0.3) is 0 Å². The van der Waals surface area contributed by atoms with E-state index in [1.54, 1.807) is 6.07 Å². The first-order chi connectivity index (χ1) is 13.2. The van der Waals surface area contributed by atoms with Crippen molar-refractivity contribution in [3.8, 4) is 0 Å². The maximum absolute atomic E-state index is 11.8.